The molecule has 0 saturated carbocycles. The smallest absolute Gasteiger partial charge is 0.148 e. The Morgan fingerprint density at radius 1 is 1.39 bits per heavy atom. The Balaban J connectivity index is 1.97. The average Bonchev–Trinajstić information content (AvgIpc) is 2.32. The molecule has 1 aliphatic heterocycles. The Morgan fingerprint density at radius 2 is 2.06 bits per heavy atom. The number of nitrogens with two attached hydrogens (primary N) is 1. The summed E-state index contributed by atoms with van der Waals surface area (Å²) in [7, 11) is 4.10. The van der Waals surface area contributed by atoms with Crippen molar-refractivity contribution < 1.29 is 4.39 Å². The number of nitrogen functional groups attached to an aromatic ring is 1. The third-order valence-corrected chi connectivity index (χ3v) is 3.75. The predicted molar refractivity (Wildman–Crippen MR) is 74.3 cm³/mol. The molecule has 0 amide bonds. The summed E-state index contributed by atoms with van der Waals surface area (Å²) in [5, 5.41) is 0. The molecule has 0 atom stereocenters. The number of nitrogens with zero attached hydrogens (tertiary/aromatic N) is 2. The molecule has 0 radical (unpaired) electrons. The Kier molecular flexibility index (Phi) is 4.07. The molecule has 100 valence electrons. The lowest BCUT2D eigenvalue weighted by Gasteiger charge is -2.32. The van der Waals surface area contributed by atoms with Gasteiger partial charge in [-0.15, -0.1) is 0 Å². The minimum Gasteiger partial charge on any atom is -0.399 e. The first-order chi connectivity index (χ1) is 8.56. The number of piperidine rings is 1. The number of likely N-dealkylation sites (tertiary alicyclic amines) is 1. The summed E-state index contributed by atoms with van der Waals surface area (Å²) >= 11 is 0. The SMILES string of the molecule is CN1CCC(CN(C)c2ccc(N)cc2F)CC1. The molecule has 0 aliphatic carbocycles. The maximum atomic E-state index is 13.8. The van der Waals surface area contributed by atoms with Crippen molar-refractivity contribution in [3.05, 3.63) is 24.0 Å². The highest BCUT2D eigenvalue weighted by Gasteiger charge is 2.19. The third-order valence-electron chi connectivity index (χ3n) is 3.75. The van der Waals surface area contributed by atoms with Crippen molar-refractivity contribution in [2.75, 3.05) is 44.4 Å². The largest absolute Gasteiger partial charge is 0.399 e. The lowest BCUT2D eigenvalue weighted by molar-refractivity contribution is 0.222. The molecular weight excluding hydrogens is 229 g/mol. The van der Waals surface area contributed by atoms with Crippen molar-refractivity contribution in [1.29, 1.82) is 0 Å². The lowest BCUT2D eigenvalue weighted by Crippen LogP contribution is -2.35. The number of halogens is 1. The van der Waals surface area contributed by atoms with E-state index in [9.17, 15) is 4.39 Å². The van der Waals surface area contributed by atoms with Gasteiger partial charge in [-0.3, -0.25) is 0 Å². The Hall–Kier alpha value is -1.29. The maximum absolute atomic E-state index is 13.8. The Labute approximate surface area is 108 Å². The zero-order valence-electron chi connectivity index (χ0n) is 11.2. The van der Waals surface area contributed by atoms with Crippen molar-refractivity contribution >= 4 is 11.4 Å². The number of anilines is 2. The second-order valence-electron chi connectivity index (χ2n) is 5.34. The topological polar surface area (TPSA) is 32.5 Å². The van der Waals surface area contributed by atoms with Crippen molar-refractivity contribution in [2.24, 2.45) is 5.92 Å². The normalized spacial score (nSPS) is 17.9. The molecule has 3 nitrogen and oxygen atoms in total. The number of rotatable bonds is 3. The molecule has 0 bridgehead atoms. The summed E-state index contributed by atoms with van der Waals surface area (Å²) in [6.45, 7) is 3.19. The van der Waals surface area contributed by atoms with Crippen LogP contribution in [0.5, 0.6) is 0 Å². The van der Waals surface area contributed by atoms with Gasteiger partial charge in [0.1, 0.15) is 5.82 Å². The molecule has 2 N–H and O–H groups in total. The summed E-state index contributed by atoms with van der Waals surface area (Å²) in [5.41, 5.74) is 6.68. The molecule has 1 aliphatic rings. The Bertz CT molecular complexity index is 400. The predicted octanol–water partition coefficient (Wildman–Crippen LogP) is 2.19. The van der Waals surface area contributed by atoms with Crippen LogP contribution in [-0.4, -0.2) is 38.6 Å². The zero-order chi connectivity index (χ0) is 13.1. The molecule has 1 saturated heterocycles. The highest BCUT2D eigenvalue weighted by Crippen LogP contribution is 2.24. The van der Waals surface area contributed by atoms with E-state index < -0.39 is 0 Å². The molecule has 1 heterocycles. The van der Waals surface area contributed by atoms with Crippen molar-refractivity contribution in [2.45, 2.75) is 12.8 Å². The molecular formula is C14H22FN3. The van der Waals surface area contributed by atoms with Crippen LogP contribution in [0.3, 0.4) is 0 Å². The second kappa shape index (κ2) is 5.57. The van der Waals surface area contributed by atoms with E-state index >= 15 is 0 Å². The van der Waals surface area contributed by atoms with Crippen LogP contribution in [0, 0.1) is 11.7 Å². The van der Waals surface area contributed by atoms with Crippen LogP contribution in [0.25, 0.3) is 0 Å². The van der Waals surface area contributed by atoms with Gasteiger partial charge in [-0.05, 0) is 57.1 Å². The summed E-state index contributed by atoms with van der Waals surface area (Å²) in [4.78, 5) is 4.35. The van der Waals surface area contributed by atoms with Crippen molar-refractivity contribution in [1.82, 2.24) is 4.90 Å². The average molecular weight is 251 g/mol. The van der Waals surface area contributed by atoms with E-state index in [0.29, 0.717) is 17.3 Å². The van der Waals surface area contributed by atoms with E-state index in [1.165, 1.54) is 18.9 Å². The number of benzene rings is 1. The fourth-order valence-electron chi connectivity index (χ4n) is 2.56. The van der Waals surface area contributed by atoms with E-state index in [0.717, 1.165) is 19.6 Å². The van der Waals surface area contributed by atoms with Crippen LogP contribution in [-0.2, 0) is 0 Å². The summed E-state index contributed by atoms with van der Waals surface area (Å²) < 4.78 is 13.8. The van der Waals surface area contributed by atoms with Crippen LogP contribution in [0.2, 0.25) is 0 Å². The van der Waals surface area contributed by atoms with E-state index in [1.807, 2.05) is 11.9 Å². The van der Waals surface area contributed by atoms with Gasteiger partial charge in [0, 0.05) is 19.3 Å². The lowest BCUT2D eigenvalue weighted by atomic mass is 9.96. The van der Waals surface area contributed by atoms with Gasteiger partial charge >= 0.3 is 0 Å². The fourth-order valence-corrected chi connectivity index (χ4v) is 2.56. The van der Waals surface area contributed by atoms with E-state index in [-0.39, 0.29) is 5.82 Å². The first-order valence-corrected chi connectivity index (χ1v) is 6.51. The summed E-state index contributed by atoms with van der Waals surface area (Å²) in [6, 6.07) is 4.91. The number of hydrogen-bond acceptors (Lipinski definition) is 3. The Morgan fingerprint density at radius 3 is 2.67 bits per heavy atom. The van der Waals surface area contributed by atoms with Gasteiger partial charge in [0.25, 0.3) is 0 Å². The van der Waals surface area contributed by atoms with Crippen LogP contribution in [0.15, 0.2) is 18.2 Å². The first-order valence-electron chi connectivity index (χ1n) is 6.51. The van der Waals surface area contributed by atoms with Crippen molar-refractivity contribution in [3.63, 3.8) is 0 Å². The van der Waals surface area contributed by atoms with E-state index in [4.69, 9.17) is 5.73 Å². The minimum absolute atomic E-state index is 0.231. The van der Waals surface area contributed by atoms with Gasteiger partial charge in [0.05, 0.1) is 5.69 Å². The zero-order valence-corrected chi connectivity index (χ0v) is 11.2. The second-order valence-corrected chi connectivity index (χ2v) is 5.34. The highest BCUT2D eigenvalue weighted by molar-refractivity contribution is 5.54. The van der Waals surface area contributed by atoms with Gasteiger partial charge in [-0.2, -0.15) is 0 Å². The molecule has 18 heavy (non-hydrogen) atoms. The van der Waals surface area contributed by atoms with Crippen molar-refractivity contribution in [3.8, 4) is 0 Å². The standard InChI is InChI=1S/C14H22FN3/c1-17-7-5-11(6-8-17)10-18(2)14-4-3-12(16)9-13(14)15/h3-4,9,11H,5-8,10,16H2,1-2H3. The fraction of sp³-hybridized carbons (Fsp3) is 0.571. The maximum Gasteiger partial charge on any atom is 0.148 e. The summed E-state index contributed by atoms with van der Waals surface area (Å²) in [5.74, 6) is 0.425. The first kappa shape index (κ1) is 13.1. The van der Waals surface area contributed by atoms with Gasteiger partial charge in [-0.25, -0.2) is 4.39 Å². The van der Waals surface area contributed by atoms with Gasteiger partial charge in [-0.1, -0.05) is 0 Å². The van der Waals surface area contributed by atoms with Gasteiger partial charge in [0.15, 0.2) is 0 Å². The van der Waals surface area contributed by atoms with E-state index in [1.54, 1.807) is 12.1 Å². The quantitative estimate of drug-likeness (QED) is 0.836. The number of hydrogen-bond donors (Lipinski definition) is 1. The molecule has 4 heteroatoms. The van der Waals surface area contributed by atoms with Gasteiger partial charge in [0.2, 0.25) is 0 Å². The molecule has 0 spiro atoms. The molecule has 0 aromatic heterocycles. The van der Waals surface area contributed by atoms with Crippen LogP contribution >= 0.6 is 0 Å². The monoisotopic (exact) mass is 251 g/mol. The van der Waals surface area contributed by atoms with Crippen LogP contribution in [0.4, 0.5) is 15.8 Å². The highest BCUT2D eigenvalue weighted by atomic mass is 19.1. The van der Waals surface area contributed by atoms with Gasteiger partial charge < -0.3 is 15.5 Å². The molecule has 1 aromatic rings. The molecule has 1 aromatic carbocycles. The molecule has 1 fully saturated rings. The minimum atomic E-state index is -0.231. The third kappa shape index (κ3) is 3.13. The summed E-state index contributed by atoms with van der Waals surface area (Å²) in [6.07, 6.45) is 2.38. The van der Waals surface area contributed by atoms with Crippen LogP contribution < -0.4 is 10.6 Å². The molecule has 2 rings (SSSR count). The van der Waals surface area contributed by atoms with E-state index in [2.05, 4.69) is 11.9 Å². The molecule has 0 unspecified atom stereocenters. The van der Waals surface area contributed by atoms with Crippen LogP contribution in [0.1, 0.15) is 12.8 Å².